The summed E-state index contributed by atoms with van der Waals surface area (Å²) in [5, 5.41) is 10.7. The van der Waals surface area contributed by atoms with Crippen LogP contribution in [0.1, 0.15) is 6.92 Å². The van der Waals surface area contributed by atoms with Crippen molar-refractivity contribution in [3.63, 3.8) is 0 Å². The molecule has 0 spiro atoms. The van der Waals surface area contributed by atoms with Gasteiger partial charge in [-0.3, -0.25) is 4.79 Å². The lowest BCUT2D eigenvalue weighted by Crippen LogP contribution is -2.25. The first-order valence-corrected chi connectivity index (χ1v) is 2.80. The summed E-state index contributed by atoms with van der Waals surface area (Å²) in [5.74, 6) is -0.340. The maximum Gasteiger partial charge on any atom is 0.245 e. The molecule has 0 saturated heterocycles. The molecule has 2 N–H and O–H groups in total. The highest BCUT2D eigenvalue weighted by Gasteiger charge is 1.91. The van der Waals surface area contributed by atoms with E-state index in [4.69, 9.17) is 5.11 Å². The molecule has 0 heterocycles. The van der Waals surface area contributed by atoms with Crippen molar-refractivity contribution < 1.29 is 9.90 Å². The van der Waals surface area contributed by atoms with Crippen LogP contribution < -0.4 is 5.32 Å². The lowest BCUT2D eigenvalue weighted by molar-refractivity contribution is -0.123. The topological polar surface area (TPSA) is 49.3 Å². The minimum atomic E-state index is -0.433. The number of amides is 1. The summed E-state index contributed by atoms with van der Waals surface area (Å²) in [4.78, 5) is 10.3. The highest BCUT2D eigenvalue weighted by molar-refractivity contribution is 5.76. The number of rotatable bonds is 3. The predicted octanol–water partition coefficient (Wildman–Crippen LogP) is -0.329. The average Bonchev–Trinajstić information content (AvgIpc) is 1.89. The van der Waals surface area contributed by atoms with Gasteiger partial charge in [-0.1, -0.05) is 12.2 Å². The largest absolute Gasteiger partial charge is 0.387 e. The highest BCUT2D eigenvalue weighted by atomic mass is 16.3. The van der Waals surface area contributed by atoms with Gasteiger partial charge in [0.25, 0.3) is 0 Å². The van der Waals surface area contributed by atoms with E-state index in [0.29, 0.717) is 6.54 Å². The van der Waals surface area contributed by atoms with Crippen LogP contribution in [0.15, 0.2) is 12.2 Å². The van der Waals surface area contributed by atoms with Crippen LogP contribution in [0, 0.1) is 0 Å². The van der Waals surface area contributed by atoms with Gasteiger partial charge in [-0.15, -0.1) is 0 Å². The minimum absolute atomic E-state index is 0.340. The minimum Gasteiger partial charge on any atom is -0.387 e. The van der Waals surface area contributed by atoms with E-state index in [1.165, 1.54) is 0 Å². The Bertz CT molecular complexity index is 110. The average molecular weight is 129 g/mol. The normalized spacial score (nSPS) is 10.0. The van der Waals surface area contributed by atoms with Crippen LogP contribution in [0.25, 0.3) is 0 Å². The Labute approximate surface area is 54.4 Å². The Morgan fingerprint density at radius 1 is 1.78 bits per heavy atom. The molecule has 0 aromatic heterocycles. The molecule has 0 unspecified atom stereocenters. The molecule has 0 atom stereocenters. The van der Waals surface area contributed by atoms with E-state index in [1.807, 2.05) is 13.0 Å². The summed E-state index contributed by atoms with van der Waals surface area (Å²) >= 11 is 0. The van der Waals surface area contributed by atoms with Crippen molar-refractivity contribution in [3.05, 3.63) is 12.2 Å². The fourth-order valence-electron chi connectivity index (χ4n) is 0.347. The quantitative estimate of drug-likeness (QED) is 0.513. The summed E-state index contributed by atoms with van der Waals surface area (Å²) in [5.41, 5.74) is 0. The molecule has 3 nitrogen and oxygen atoms in total. The monoisotopic (exact) mass is 129 g/mol. The predicted molar refractivity (Wildman–Crippen MR) is 34.9 cm³/mol. The molecule has 0 saturated carbocycles. The van der Waals surface area contributed by atoms with Crippen molar-refractivity contribution in [2.24, 2.45) is 0 Å². The van der Waals surface area contributed by atoms with Crippen molar-refractivity contribution in [1.29, 1.82) is 0 Å². The number of carbonyl (C=O) groups excluding carboxylic acids is 1. The van der Waals surface area contributed by atoms with Gasteiger partial charge in [-0.25, -0.2) is 0 Å². The smallest absolute Gasteiger partial charge is 0.245 e. The van der Waals surface area contributed by atoms with Crippen molar-refractivity contribution in [2.45, 2.75) is 6.92 Å². The van der Waals surface area contributed by atoms with Gasteiger partial charge in [-0.05, 0) is 6.92 Å². The van der Waals surface area contributed by atoms with E-state index in [-0.39, 0.29) is 5.91 Å². The third kappa shape index (κ3) is 5.03. The van der Waals surface area contributed by atoms with E-state index >= 15 is 0 Å². The summed E-state index contributed by atoms with van der Waals surface area (Å²) in [6.45, 7) is 1.93. The molecular formula is C6H11NO2. The van der Waals surface area contributed by atoms with Gasteiger partial charge in [0.2, 0.25) is 5.91 Å². The molecule has 0 radical (unpaired) electrons. The molecule has 0 fully saturated rings. The third-order valence-electron chi connectivity index (χ3n) is 0.796. The van der Waals surface area contributed by atoms with E-state index in [1.54, 1.807) is 6.08 Å². The van der Waals surface area contributed by atoms with E-state index in [0.717, 1.165) is 0 Å². The number of hydrogen-bond donors (Lipinski definition) is 2. The molecule has 0 aromatic rings. The molecule has 0 rings (SSSR count). The second kappa shape index (κ2) is 5.31. The molecule has 0 aliphatic rings. The standard InChI is InChI=1S/C6H11NO2/c1-2-3-4-7-6(9)5-8/h2-3,8H,4-5H2,1H3,(H,7,9)/b3-2+. The van der Waals surface area contributed by atoms with Crippen molar-refractivity contribution in [1.82, 2.24) is 5.32 Å². The Hall–Kier alpha value is -0.830. The first-order valence-electron chi connectivity index (χ1n) is 2.80. The zero-order valence-corrected chi connectivity index (χ0v) is 5.42. The van der Waals surface area contributed by atoms with E-state index in [2.05, 4.69) is 5.32 Å². The number of aliphatic hydroxyl groups is 1. The molecular weight excluding hydrogens is 118 g/mol. The molecule has 0 aliphatic heterocycles. The lowest BCUT2D eigenvalue weighted by Gasteiger charge is -1.95. The first kappa shape index (κ1) is 8.17. The Morgan fingerprint density at radius 3 is 2.89 bits per heavy atom. The second-order valence-corrected chi connectivity index (χ2v) is 1.53. The van der Waals surface area contributed by atoms with Crippen LogP contribution in [0.3, 0.4) is 0 Å². The number of carbonyl (C=O) groups is 1. The Balaban J connectivity index is 3.17. The molecule has 0 bridgehead atoms. The number of nitrogens with one attached hydrogen (secondary N) is 1. The van der Waals surface area contributed by atoms with Gasteiger partial charge in [-0.2, -0.15) is 0 Å². The number of aliphatic hydroxyl groups excluding tert-OH is 1. The van der Waals surface area contributed by atoms with Gasteiger partial charge in [0.15, 0.2) is 0 Å². The molecule has 9 heavy (non-hydrogen) atoms. The van der Waals surface area contributed by atoms with Gasteiger partial charge < -0.3 is 10.4 Å². The fraction of sp³-hybridized carbons (Fsp3) is 0.500. The third-order valence-corrected chi connectivity index (χ3v) is 0.796. The summed E-state index contributed by atoms with van der Waals surface area (Å²) < 4.78 is 0. The van der Waals surface area contributed by atoms with Crippen LogP contribution >= 0.6 is 0 Å². The lowest BCUT2D eigenvalue weighted by atomic mass is 10.5. The SMILES string of the molecule is C/C=C/CNC(=O)CO. The van der Waals surface area contributed by atoms with Crippen LogP contribution in [-0.2, 0) is 4.79 Å². The molecule has 0 aliphatic carbocycles. The van der Waals surface area contributed by atoms with Gasteiger partial charge >= 0.3 is 0 Å². The maximum absolute atomic E-state index is 10.3. The Morgan fingerprint density at radius 2 is 2.44 bits per heavy atom. The summed E-state index contributed by atoms with van der Waals surface area (Å²) in [7, 11) is 0. The van der Waals surface area contributed by atoms with Crippen molar-refractivity contribution in [3.8, 4) is 0 Å². The number of allylic oxidation sites excluding steroid dienone is 1. The summed E-state index contributed by atoms with van der Waals surface area (Å²) in [6, 6.07) is 0. The zero-order valence-electron chi connectivity index (χ0n) is 5.42. The fourth-order valence-corrected chi connectivity index (χ4v) is 0.347. The van der Waals surface area contributed by atoms with Crippen molar-refractivity contribution >= 4 is 5.91 Å². The van der Waals surface area contributed by atoms with Crippen molar-refractivity contribution in [2.75, 3.05) is 13.2 Å². The molecule has 1 amide bonds. The van der Waals surface area contributed by atoms with Gasteiger partial charge in [0, 0.05) is 6.54 Å². The van der Waals surface area contributed by atoms with Crippen LogP contribution in [0.4, 0.5) is 0 Å². The van der Waals surface area contributed by atoms with Gasteiger partial charge in [0.05, 0.1) is 0 Å². The number of hydrogen-bond acceptors (Lipinski definition) is 2. The van der Waals surface area contributed by atoms with E-state index < -0.39 is 6.61 Å². The first-order chi connectivity index (χ1) is 4.31. The van der Waals surface area contributed by atoms with Crippen LogP contribution in [-0.4, -0.2) is 24.2 Å². The van der Waals surface area contributed by atoms with E-state index in [9.17, 15) is 4.79 Å². The molecule has 3 heteroatoms. The molecule has 0 aromatic carbocycles. The summed E-state index contributed by atoms with van der Waals surface area (Å²) in [6.07, 6.45) is 3.63. The highest BCUT2D eigenvalue weighted by Crippen LogP contribution is 1.67. The van der Waals surface area contributed by atoms with Gasteiger partial charge in [0.1, 0.15) is 6.61 Å². The zero-order chi connectivity index (χ0) is 7.11. The maximum atomic E-state index is 10.3. The van der Waals surface area contributed by atoms with Crippen LogP contribution in [0.2, 0.25) is 0 Å². The molecule has 52 valence electrons. The van der Waals surface area contributed by atoms with Crippen LogP contribution in [0.5, 0.6) is 0 Å². The Kier molecular flexibility index (Phi) is 4.82. The second-order valence-electron chi connectivity index (χ2n) is 1.53.